The fraction of sp³-hybridized carbons (Fsp3) is 1.00. The Morgan fingerprint density at radius 3 is 2.14 bits per heavy atom. The van der Waals surface area contributed by atoms with Gasteiger partial charge in [0.15, 0.2) is 4.27 Å². The molecule has 0 saturated carbocycles. The minimum Gasteiger partial charge on any atom is -0.379 e. The Hall–Kier alpha value is 0.580. The second kappa shape index (κ2) is 8.85. The quantitative estimate of drug-likeness (QED) is 0.491. The van der Waals surface area contributed by atoms with Gasteiger partial charge >= 0.3 is 0 Å². The Kier molecular flexibility index (Phi) is 9.22. The summed E-state index contributed by atoms with van der Waals surface area (Å²) in [5.41, 5.74) is 0. The van der Waals surface area contributed by atoms with Crippen molar-refractivity contribution in [3.05, 3.63) is 0 Å². The largest absolute Gasteiger partial charge is 0.379 e. The summed E-state index contributed by atoms with van der Waals surface area (Å²) in [6.07, 6.45) is 4.44. The molecule has 0 spiro atoms. The van der Waals surface area contributed by atoms with Gasteiger partial charge in [-0.2, -0.15) is 0 Å². The van der Waals surface area contributed by atoms with Gasteiger partial charge in [0.2, 0.25) is 0 Å². The summed E-state index contributed by atoms with van der Waals surface area (Å²) in [6, 6.07) is 0. The van der Waals surface area contributed by atoms with Crippen LogP contribution < -0.4 is 0 Å². The predicted octanol–water partition coefficient (Wildman–Crippen LogP) is 1.80. The Morgan fingerprint density at radius 2 is 1.64 bits per heavy atom. The third-order valence-corrected chi connectivity index (χ3v) is 4.46. The minimum absolute atomic E-state index is 0.575. The van der Waals surface area contributed by atoms with Crippen molar-refractivity contribution in [3.8, 4) is 0 Å². The molecule has 0 bridgehead atoms. The standard InChI is InChI=1S/C9H20O3S2/c1-4-11-7-8-12-6-5-9(10,13-2)14-3/h10H,4-8H2,1-3H3. The van der Waals surface area contributed by atoms with Gasteiger partial charge < -0.3 is 14.6 Å². The van der Waals surface area contributed by atoms with Crippen LogP contribution in [-0.4, -0.2) is 48.3 Å². The van der Waals surface area contributed by atoms with Crippen molar-refractivity contribution in [2.75, 3.05) is 38.9 Å². The number of hydrogen-bond acceptors (Lipinski definition) is 5. The SMILES string of the molecule is CCOCCOCCC(O)(SC)SC. The highest BCUT2D eigenvalue weighted by Gasteiger charge is 2.23. The molecule has 0 heterocycles. The predicted molar refractivity (Wildman–Crippen MR) is 63.9 cm³/mol. The fourth-order valence-electron chi connectivity index (χ4n) is 0.853. The number of aliphatic hydroxyl groups is 1. The van der Waals surface area contributed by atoms with Crippen molar-refractivity contribution in [1.29, 1.82) is 0 Å². The van der Waals surface area contributed by atoms with Crippen LogP contribution in [0.3, 0.4) is 0 Å². The molecule has 0 aromatic rings. The molecule has 14 heavy (non-hydrogen) atoms. The molecule has 0 rings (SSSR count). The van der Waals surface area contributed by atoms with E-state index in [0.29, 0.717) is 26.2 Å². The number of ether oxygens (including phenoxy) is 2. The molecule has 0 saturated heterocycles. The molecule has 3 nitrogen and oxygen atoms in total. The van der Waals surface area contributed by atoms with Crippen molar-refractivity contribution < 1.29 is 14.6 Å². The van der Waals surface area contributed by atoms with E-state index in [1.165, 1.54) is 23.5 Å². The zero-order chi connectivity index (χ0) is 10.9. The van der Waals surface area contributed by atoms with Gasteiger partial charge in [-0.25, -0.2) is 0 Å². The zero-order valence-corrected chi connectivity index (χ0v) is 10.7. The number of rotatable bonds is 9. The second-order valence-corrected chi connectivity index (χ2v) is 5.11. The van der Waals surface area contributed by atoms with Gasteiger partial charge in [0.1, 0.15) is 0 Å². The maximum absolute atomic E-state index is 9.85. The van der Waals surface area contributed by atoms with Crippen LogP contribution in [0.4, 0.5) is 0 Å². The van der Waals surface area contributed by atoms with E-state index in [1.807, 2.05) is 19.4 Å². The first-order valence-electron chi connectivity index (χ1n) is 4.66. The summed E-state index contributed by atoms with van der Waals surface area (Å²) in [5.74, 6) is 0. The first-order chi connectivity index (χ1) is 6.68. The molecule has 0 radical (unpaired) electrons. The van der Waals surface area contributed by atoms with E-state index < -0.39 is 4.27 Å². The summed E-state index contributed by atoms with van der Waals surface area (Å²) in [4.78, 5) is 0. The molecule has 0 amide bonds. The molecule has 0 unspecified atom stereocenters. The lowest BCUT2D eigenvalue weighted by Crippen LogP contribution is -2.21. The van der Waals surface area contributed by atoms with Crippen molar-refractivity contribution in [3.63, 3.8) is 0 Å². The minimum atomic E-state index is -0.703. The lowest BCUT2D eigenvalue weighted by molar-refractivity contribution is 0.0422. The van der Waals surface area contributed by atoms with E-state index in [4.69, 9.17) is 9.47 Å². The highest BCUT2D eigenvalue weighted by Crippen LogP contribution is 2.33. The van der Waals surface area contributed by atoms with Crippen LogP contribution in [-0.2, 0) is 9.47 Å². The molecule has 0 atom stereocenters. The first kappa shape index (κ1) is 14.6. The van der Waals surface area contributed by atoms with Crippen molar-refractivity contribution in [2.45, 2.75) is 17.6 Å². The zero-order valence-electron chi connectivity index (χ0n) is 9.12. The van der Waals surface area contributed by atoms with Gasteiger partial charge in [-0.3, -0.25) is 0 Å². The lowest BCUT2D eigenvalue weighted by atomic mass is 10.5. The number of thioether (sulfide) groups is 2. The topological polar surface area (TPSA) is 38.7 Å². The van der Waals surface area contributed by atoms with Crippen LogP contribution in [0.15, 0.2) is 0 Å². The summed E-state index contributed by atoms with van der Waals surface area (Å²) in [6.45, 7) is 4.49. The molecule has 0 aromatic heterocycles. The van der Waals surface area contributed by atoms with Crippen LogP contribution >= 0.6 is 23.5 Å². The van der Waals surface area contributed by atoms with E-state index in [2.05, 4.69) is 0 Å². The Labute approximate surface area is 94.9 Å². The molecule has 0 aromatic carbocycles. The molecular formula is C9H20O3S2. The molecule has 5 heteroatoms. The lowest BCUT2D eigenvalue weighted by Gasteiger charge is -2.23. The van der Waals surface area contributed by atoms with Crippen LogP contribution in [0.2, 0.25) is 0 Å². The summed E-state index contributed by atoms with van der Waals surface area (Å²) in [7, 11) is 0. The third-order valence-electron chi connectivity index (χ3n) is 1.78. The van der Waals surface area contributed by atoms with E-state index in [1.54, 1.807) is 0 Å². The van der Waals surface area contributed by atoms with Gasteiger partial charge in [-0.1, -0.05) is 0 Å². The molecule has 0 aliphatic carbocycles. The van der Waals surface area contributed by atoms with Crippen molar-refractivity contribution >= 4 is 23.5 Å². The van der Waals surface area contributed by atoms with Crippen LogP contribution in [0, 0.1) is 0 Å². The highest BCUT2D eigenvalue weighted by molar-refractivity contribution is 8.17. The maximum atomic E-state index is 9.85. The normalized spacial score (nSPS) is 12.0. The molecule has 0 aliphatic heterocycles. The Balaban J connectivity index is 3.34. The maximum Gasteiger partial charge on any atom is 0.159 e. The average Bonchev–Trinajstić information content (AvgIpc) is 2.23. The van der Waals surface area contributed by atoms with E-state index in [0.717, 1.165) is 6.61 Å². The highest BCUT2D eigenvalue weighted by atomic mass is 32.2. The smallest absolute Gasteiger partial charge is 0.159 e. The second-order valence-electron chi connectivity index (χ2n) is 2.68. The molecule has 0 fully saturated rings. The van der Waals surface area contributed by atoms with E-state index >= 15 is 0 Å². The molecule has 0 aliphatic rings. The summed E-state index contributed by atoms with van der Waals surface area (Å²) >= 11 is 2.90. The average molecular weight is 240 g/mol. The van der Waals surface area contributed by atoms with E-state index in [-0.39, 0.29) is 0 Å². The molecule has 86 valence electrons. The first-order valence-corrected chi connectivity index (χ1v) is 7.11. The monoisotopic (exact) mass is 240 g/mol. The van der Waals surface area contributed by atoms with Gasteiger partial charge in [-0.15, -0.1) is 23.5 Å². The van der Waals surface area contributed by atoms with Crippen molar-refractivity contribution in [2.24, 2.45) is 0 Å². The third kappa shape index (κ3) is 6.95. The van der Waals surface area contributed by atoms with Crippen LogP contribution in [0.5, 0.6) is 0 Å². The van der Waals surface area contributed by atoms with Crippen LogP contribution in [0.1, 0.15) is 13.3 Å². The summed E-state index contributed by atoms with van der Waals surface area (Å²) < 4.78 is 9.74. The molecule has 1 N–H and O–H groups in total. The summed E-state index contributed by atoms with van der Waals surface area (Å²) in [5, 5.41) is 9.85. The molecular weight excluding hydrogens is 220 g/mol. The van der Waals surface area contributed by atoms with Crippen LogP contribution in [0.25, 0.3) is 0 Å². The van der Waals surface area contributed by atoms with Crippen molar-refractivity contribution in [1.82, 2.24) is 0 Å². The van der Waals surface area contributed by atoms with Gasteiger partial charge in [0, 0.05) is 13.0 Å². The van der Waals surface area contributed by atoms with E-state index in [9.17, 15) is 5.11 Å². The Morgan fingerprint density at radius 1 is 1.07 bits per heavy atom. The number of hydrogen-bond donors (Lipinski definition) is 1. The van der Waals surface area contributed by atoms with Gasteiger partial charge in [0.05, 0.1) is 19.8 Å². The van der Waals surface area contributed by atoms with Gasteiger partial charge in [0.25, 0.3) is 0 Å². The van der Waals surface area contributed by atoms with Gasteiger partial charge in [-0.05, 0) is 19.4 Å². The Bertz CT molecular complexity index is 129. The fourth-order valence-corrected chi connectivity index (χ4v) is 2.09.